The minimum atomic E-state index is -0.328. The average Bonchev–Trinajstić information content (AvgIpc) is 3.03. The molecule has 3 rings (SSSR count). The number of ether oxygens (including phenoxy) is 2. The van der Waals surface area contributed by atoms with Gasteiger partial charge in [0.05, 0.1) is 18.4 Å². The number of carbonyl (C=O) groups excluding carboxylic acids is 1. The molecule has 1 aliphatic carbocycles. The highest BCUT2D eigenvalue weighted by Crippen LogP contribution is 2.45. The first-order valence-electron chi connectivity index (χ1n) is 6.37. The Bertz CT molecular complexity index is 590. The summed E-state index contributed by atoms with van der Waals surface area (Å²) in [6.07, 6.45) is 7.07. The molecule has 2 aliphatic rings. The SMILES string of the molecule is COc1c(C)c2c(c(N)c1C1C=[C]CC1)C(=O)OC2. The van der Waals surface area contributed by atoms with Crippen LogP contribution in [0.3, 0.4) is 0 Å². The summed E-state index contributed by atoms with van der Waals surface area (Å²) in [4.78, 5) is 11.8. The summed E-state index contributed by atoms with van der Waals surface area (Å²) in [5.41, 5.74) is 9.96. The fourth-order valence-electron chi connectivity index (χ4n) is 2.98. The molecule has 0 bridgehead atoms. The van der Waals surface area contributed by atoms with Crippen molar-refractivity contribution in [1.29, 1.82) is 0 Å². The Morgan fingerprint density at radius 2 is 2.32 bits per heavy atom. The number of esters is 1. The molecule has 0 spiro atoms. The molecule has 0 saturated carbocycles. The van der Waals surface area contributed by atoms with Crippen molar-refractivity contribution in [2.24, 2.45) is 0 Å². The van der Waals surface area contributed by atoms with E-state index in [4.69, 9.17) is 15.2 Å². The van der Waals surface area contributed by atoms with Crippen molar-refractivity contribution >= 4 is 11.7 Å². The lowest BCUT2D eigenvalue weighted by molar-refractivity contribution is 0.0535. The summed E-state index contributed by atoms with van der Waals surface area (Å²) in [5.74, 6) is 0.623. The molecular weight excluding hydrogens is 242 g/mol. The quantitative estimate of drug-likeness (QED) is 0.654. The lowest BCUT2D eigenvalue weighted by atomic mass is 9.88. The Morgan fingerprint density at radius 3 is 2.95 bits per heavy atom. The standard InChI is InChI=1S/C15H16NO3/c1-8-10-7-19-15(17)12(10)13(16)11(14(8)18-2)9-5-3-4-6-9/h6,9H,3,5,7,16H2,1-2H3. The number of benzene rings is 1. The highest BCUT2D eigenvalue weighted by Gasteiger charge is 2.33. The van der Waals surface area contributed by atoms with Gasteiger partial charge in [0, 0.05) is 17.0 Å². The summed E-state index contributed by atoms with van der Waals surface area (Å²) in [6, 6.07) is 0. The van der Waals surface area contributed by atoms with Crippen LogP contribution >= 0.6 is 0 Å². The van der Waals surface area contributed by atoms with Gasteiger partial charge in [-0.3, -0.25) is 0 Å². The average molecular weight is 258 g/mol. The van der Waals surface area contributed by atoms with E-state index < -0.39 is 0 Å². The van der Waals surface area contributed by atoms with Gasteiger partial charge in [-0.05, 0) is 31.4 Å². The van der Waals surface area contributed by atoms with E-state index in [1.165, 1.54) is 0 Å². The molecule has 0 aromatic heterocycles. The Balaban J connectivity index is 2.28. The van der Waals surface area contributed by atoms with E-state index in [0.717, 1.165) is 35.3 Å². The van der Waals surface area contributed by atoms with E-state index in [-0.39, 0.29) is 18.5 Å². The second-order valence-corrected chi connectivity index (χ2v) is 4.93. The van der Waals surface area contributed by atoms with E-state index in [0.29, 0.717) is 11.3 Å². The minimum Gasteiger partial charge on any atom is -0.496 e. The molecule has 1 heterocycles. The van der Waals surface area contributed by atoms with Gasteiger partial charge >= 0.3 is 5.97 Å². The molecule has 2 N–H and O–H groups in total. The number of anilines is 1. The summed E-state index contributed by atoms with van der Waals surface area (Å²) >= 11 is 0. The van der Waals surface area contributed by atoms with E-state index in [9.17, 15) is 4.79 Å². The number of nitrogen functional groups attached to an aromatic ring is 1. The van der Waals surface area contributed by atoms with Crippen molar-refractivity contribution in [3.63, 3.8) is 0 Å². The normalized spacial score (nSPS) is 20.5. The number of hydrogen-bond donors (Lipinski definition) is 1. The molecule has 0 saturated heterocycles. The van der Waals surface area contributed by atoms with Crippen LogP contribution in [0.25, 0.3) is 0 Å². The predicted octanol–water partition coefficient (Wildman–Crippen LogP) is 2.49. The Hall–Kier alpha value is -1.97. The largest absolute Gasteiger partial charge is 0.496 e. The first kappa shape index (κ1) is 12.1. The maximum atomic E-state index is 11.8. The molecular formula is C15H16NO3. The smallest absolute Gasteiger partial charge is 0.341 e. The molecule has 1 aromatic rings. The van der Waals surface area contributed by atoms with Crippen LogP contribution in [0.15, 0.2) is 6.08 Å². The van der Waals surface area contributed by atoms with E-state index >= 15 is 0 Å². The number of rotatable bonds is 2. The van der Waals surface area contributed by atoms with Crippen LogP contribution in [0.4, 0.5) is 5.69 Å². The van der Waals surface area contributed by atoms with Gasteiger partial charge in [-0.15, -0.1) is 0 Å². The van der Waals surface area contributed by atoms with Crippen LogP contribution < -0.4 is 10.5 Å². The molecule has 1 radical (unpaired) electrons. The maximum Gasteiger partial charge on any atom is 0.341 e. The fraction of sp³-hybridized carbons (Fsp3) is 0.400. The van der Waals surface area contributed by atoms with Gasteiger partial charge in [-0.1, -0.05) is 6.08 Å². The number of carbonyl (C=O) groups is 1. The highest BCUT2D eigenvalue weighted by atomic mass is 16.5. The zero-order chi connectivity index (χ0) is 13.6. The number of cyclic esters (lactones) is 1. The molecule has 1 unspecified atom stereocenters. The number of hydrogen-bond acceptors (Lipinski definition) is 4. The number of methoxy groups -OCH3 is 1. The predicted molar refractivity (Wildman–Crippen MR) is 71.1 cm³/mol. The molecule has 4 heteroatoms. The van der Waals surface area contributed by atoms with Crippen LogP contribution in [0.2, 0.25) is 0 Å². The lowest BCUT2D eigenvalue weighted by Crippen LogP contribution is -2.10. The highest BCUT2D eigenvalue weighted by molar-refractivity contribution is 6.01. The van der Waals surface area contributed by atoms with Crippen LogP contribution in [-0.2, 0) is 11.3 Å². The molecule has 19 heavy (non-hydrogen) atoms. The second kappa shape index (κ2) is 4.30. The monoisotopic (exact) mass is 258 g/mol. The van der Waals surface area contributed by atoms with Crippen LogP contribution in [0.5, 0.6) is 5.75 Å². The van der Waals surface area contributed by atoms with Gasteiger partial charge in [0.15, 0.2) is 0 Å². The van der Waals surface area contributed by atoms with Gasteiger partial charge in [0.25, 0.3) is 0 Å². The summed E-state index contributed by atoms with van der Waals surface area (Å²) in [6.45, 7) is 2.23. The topological polar surface area (TPSA) is 61.5 Å². The summed E-state index contributed by atoms with van der Waals surface area (Å²) in [5, 5.41) is 0. The van der Waals surface area contributed by atoms with Gasteiger partial charge in [0.2, 0.25) is 0 Å². The Labute approximate surface area is 112 Å². The first-order chi connectivity index (χ1) is 9.15. The molecule has 0 amide bonds. The zero-order valence-corrected chi connectivity index (χ0v) is 11.1. The third-order valence-corrected chi connectivity index (χ3v) is 3.94. The first-order valence-corrected chi connectivity index (χ1v) is 6.37. The molecule has 1 aliphatic heterocycles. The Morgan fingerprint density at radius 1 is 1.53 bits per heavy atom. The van der Waals surface area contributed by atoms with Gasteiger partial charge in [-0.2, -0.15) is 0 Å². The van der Waals surface area contributed by atoms with Crippen molar-refractivity contribution in [2.45, 2.75) is 32.3 Å². The maximum absolute atomic E-state index is 11.8. The lowest BCUT2D eigenvalue weighted by Gasteiger charge is -2.20. The van der Waals surface area contributed by atoms with Crippen molar-refractivity contribution in [1.82, 2.24) is 0 Å². The Kier molecular flexibility index (Phi) is 2.73. The van der Waals surface area contributed by atoms with E-state index in [1.807, 2.05) is 13.0 Å². The van der Waals surface area contributed by atoms with Gasteiger partial charge in [0.1, 0.15) is 12.4 Å². The van der Waals surface area contributed by atoms with Gasteiger partial charge in [-0.25, -0.2) is 4.79 Å². The number of nitrogens with two attached hydrogens (primary N) is 1. The minimum absolute atomic E-state index is 0.173. The molecule has 1 aromatic carbocycles. The fourth-order valence-corrected chi connectivity index (χ4v) is 2.98. The molecule has 4 nitrogen and oxygen atoms in total. The van der Waals surface area contributed by atoms with Crippen molar-refractivity contribution in [3.05, 3.63) is 34.4 Å². The van der Waals surface area contributed by atoms with Crippen molar-refractivity contribution in [2.75, 3.05) is 12.8 Å². The van der Waals surface area contributed by atoms with Crippen LogP contribution in [0.1, 0.15) is 45.8 Å². The second-order valence-electron chi connectivity index (χ2n) is 4.93. The van der Waals surface area contributed by atoms with Crippen molar-refractivity contribution < 1.29 is 14.3 Å². The number of allylic oxidation sites excluding steroid dienone is 2. The zero-order valence-electron chi connectivity index (χ0n) is 11.1. The summed E-state index contributed by atoms with van der Waals surface area (Å²) in [7, 11) is 1.64. The van der Waals surface area contributed by atoms with Gasteiger partial charge < -0.3 is 15.2 Å². The van der Waals surface area contributed by atoms with Crippen LogP contribution in [-0.4, -0.2) is 13.1 Å². The molecule has 1 atom stereocenters. The third-order valence-electron chi connectivity index (χ3n) is 3.94. The van der Waals surface area contributed by atoms with E-state index in [2.05, 4.69) is 6.08 Å². The molecule has 0 fully saturated rings. The van der Waals surface area contributed by atoms with Crippen LogP contribution in [0, 0.1) is 13.0 Å². The van der Waals surface area contributed by atoms with E-state index in [1.54, 1.807) is 7.11 Å². The third kappa shape index (κ3) is 1.63. The number of fused-ring (bicyclic) bond motifs is 1. The molecule has 99 valence electrons. The summed E-state index contributed by atoms with van der Waals surface area (Å²) < 4.78 is 10.6. The van der Waals surface area contributed by atoms with Crippen molar-refractivity contribution in [3.8, 4) is 5.75 Å².